The average Bonchev–Trinajstić information content (AvgIpc) is 3.33. The van der Waals surface area contributed by atoms with Crippen molar-refractivity contribution in [3.8, 4) is 5.75 Å². The Morgan fingerprint density at radius 1 is 1.12 bits per heavy atom. The molecule has 0 atom stereocenters. The van der Waals surface area contributed by atoms with Crippen molar-refractivity contribution in [2.24, 2.45) is 0 Å². The highest BCUT2D eigenvalue weighted by Crippen LogP contribution is 2.20. The average molecular weight is 457 g/mol. The number of hydrogen-bond acceptors (Lipinski definition) is 5. The lowest BCUT2D eigenvalue weighted by Crippen LogP contribution is -2.42. The van der Waals surface area contributed by atoms with Gasteiger partial charge in [0, 0.05) is 32.0 Å². The van der Waals surface area contributed by atoms with E-state index in [9.17, 15) is 13.2 Å². The van der Waals surface area contributed by atoms with E-state index in [4.69, 9.17) is 4.74 Å². The molecular formula is C23H28N4O4S. The van der Waals surface area contributed by atoms with Gasteiger partial charge in [-0.05, 0) is 42.7 Å². The smallest absolute Gasteiger partial charge is 0.243 e. The Hall–Kier alpha value is -3.17. The maximum Gasteiger partial charge on any atom is 0.243 e. The molecule has 0 aliphatic rings. The second kappa shape index (κ2) is 11.4. The number of nitrogens with one attached hydrogen (secondary N) is 1. The Labute approximate surface area is 188 Å². The zero-order valence-electron chi connectivity index (χ0n) is 18.1. The monoisotopic (exact) mass is 456 g/mol. The number of amides is 1. The van der Waals surface area contributed by atoms with Crippen molar-refractivity contribution >= 4 is 15.9 Å². The summed E-state index contributed by atoms with van der Waals surface area (Å²) in [6.07, 6.45) is 6.50. The minimum atomic E-state index is -3.85. The van der Waals surface area contributed by atoms with E-state index in [1.54, 1.807) is 24.7 Å². The SMILES string of the molecule is COc1ccc(S(=O)(=O)N(CCc2ccccc2)CC(=O)NCCCn2ccnc2)cc1. The summed E-state index contributed by atoms with van der Waals surface area (Å²) < 4.78 is 34.8. The van der Waals surface area contributed by atoms with E-state index >= 15 is 0 Å². The first kappa shape index (κ1) is 23.5. The molecule has 2 aromatic carbocycles. The first-order valence-corrected chi connectivity index (χ1v) is 11.8. The van der Waals surface area contributed by atoms with Crippen LogP contribution in [0.4, 0.5) is 0 Å². The molecule has 0 saturated heterocycles. The summed E-state index contributed by atoms with van der Waals surface area (Å²) in [5.41, 5.74) is 1.00. The highest BCUT2D eigenvalue weighted by Gasteiger charge is 2.26. The van der Waals surface area contributed by atoms with Crippen molar-refractivity contribution in [3.63, 3.8) is 0 Å². The fourth-order valence-electron chi connectivity index (χ4n) is 3.20. The van der Waals surface area contributed by atoms with Gasteiger partial charge in [0.1, 0.15) is 5.75 Å². The van der Waals surface area contributed by atoms with Gasteiger partial charge in [-0.25, -0.2) is 13.4 Å². The zero-order valence-corrected chi connectivity index (χ0v) is 18.9. The molecule has 0 aliphatic carbocycles. The molecule has 1 N–H and O–H groups in total. The molecule has 9 heteroatoms. The Balaban J connectivity index is 1.65. The van der Waals surface area contributed by atoms with Crippen LogP contribution in [0.2, 0.25) is 0 Å². The highest BCUT2D eigenvalue weighted by molar-refractivity contribution is 7.89. The lowest BCUT2D eigenvalue weighted by atomic mass is 10.1. The summed E-state index contributed by atoms with van der Waals surface area (Å²) in [4.78, 5) is 16.7. The number of aryl methyl sites for hydroxylation is 1. The molecule has 3 aromatic rings. The molecule has 0 unspecified atom stereocenters. The molecule has 0 radical (unpaired) electrons. The predicted octanol–water partition coefficient (Wildman–Crippen LogP) is 2.33. The van der Waals surface area contributed by atoms with E-state index in [1.165, 1.54) is 23.5 Å². The molecule has 0 aliphatic heterocycles. The first-order chi connectivity index (χ1) is 15.5. The number of hydrogen-bond donors (Lipinski definition) is 1. The molecular weight excluding hydrogens is 428 g/mol. The van der Waals surface area contributed by atoms with Crippen LogP contribution in [0.5, 0.6) is 5.75 Å². The van der Waals surface area contributed by atoms with E-state index < -0.39 is 10.0 Å². The zero-order chi connectivity index (χ0) is 22.8. The molecule has 1 amide bonds. The quantitative estimate of drug-likeness (QED) is 0.422. The number of sulfonamides is 1. The van der Waals surface area contributed by atoms with E-state index in [0.717, 1.165) is 18.5 Å². The number of imidazole rings is 1. The third-order valence-electron chi connectivity index (χ3n) is 4.98. The first-order valence-electron chi connectivity index (χ1n) is 10.4. The standard InChI is InChI=1S/C23H28N4O4S/c1-31-21-8-10-22(11-9-21)32(29,30)27(16-12-20-6-3-2-4-7-20)18-23(28)25-13-5-15-26-17-14-24-19-26/h2-4,6-11,14,17,19H,5,12-13,15-16,18H2,1H3,(H,25,28). The summed E-state index contributed by atoms with van der Waals surface area (Å²) in [6.45, 7) is 1.13. The molecule has 1 aromatic heterocycles. The fourth-order valence-corrected chi connectivity index (χ4v) is 4.60. The van der Waals surface area contributed by atoms with Crippen molar-refractivity contribution in [2.45, 2.75) is 24.3 Å². The Kier molecular flexibility index (Phi) is 8.41. The number of carbonyl (C=O) groups excluding carboxylic acids is 1. The van der Waals surface area contributed by atoms with Crippen LogP contribution < -0.4 is 10.1 Å². The Morgan fingerprint density at radius 3 is 2.53 bits per heavy atom. The lowest BCUT2D eigenvalue weighted by molar-refractivity contribution is -0.121. The third-order valence-corrected chi connectivity index (χ3v) is 6.84. The minimum absolute atomic E-state index is 0.124. The predicted molar refractivity (Wildman–Crippen MR) is 122 cm³/mol. The van der Waals surface area contributed by atoms with Gasteiger partial charge in [0.05, 0.1) is 24.9 Å². The van der Waals surface area contributed by atoms with E-state index in [2.05, 4.69) is 10.3 Å². The molecule has 32 heavy (non-hydrogen) atoms. The molecule has 1 heterocycles. The molecule has 0 spiro atoms. The van der Waals surface area contributed by atoms with Gasteiger partial charge in [0.15, 0.2) is 0 Å². The van der Waals surface area contributed by atoms with Crippen LogP contribution >= 0.6 is 0 Å². The maximum atomic E-state index is 13.3. The van der Waals surface area contributed by atoms with E-state index in [0.29, 0.717) is 18.7 Å². The summed E-state index contributed by atoms with van der Waals surface area (Å²) >= 11 is 0. The lowest BCUT2D eigenvalue weighted by Gasteiger charge is -2.22. The van der Waals surface area contributed by atoms with Crippen LogP contribution in [-0.2, 0) is 27.8 Å². The molecule has 0 fully saturated rings. The third kappa shape index (κ3) is 6.66. The summed E-state index contributed by atoms with van der Waals surface area (Å²) in [7, 11) is -2.33. The second-order valence-electron chi connectivity index (χ2n) is 7.25. The van der Waals surface area contributed by atoms with Gasteiger partial charge in [0.25, 0.3) is 0 Å². The Bertz CT molecular complexity index is 1070. The molecule has 0 bridgehead atoms. The summed E-state index contributed by atoms with van der Waals surface area (Å²) in [6, 6.07) is 15.8. The number of nitrogens with zero attached hydrogens (tertiary/aromatic N) is 3. The van der Waals surface area contributed by atoms with Crippen LogP contribution in [0.15, 0.2) is 78.2 Å². The molecule has 170 valence electrons. The van der Waals surface area contributed by atoms with Gasteiger partial charge < -0.3 is 14.6 Å². The van der Waals surface area contributed by atoms with Crippen LogP contribution in [0, 0.1) is 0 Å². The second-order valence-corrected chi connectivity index (χ2v) is 9.19. The van der Waals surface area contributed by atoms with Crippen LogP contribution in [-0.4, -0.2) is 54.9 Å². The van der Waals surface area contributed by atoms with Gasteiger partial charge in [-0.1, -0.05) is 30.3 Å². The van der Waals surface area contributed by atoms with Gasteiger partial charge in [0.2, 0.25) is 15.9 Å². The van der Waals surface area contributed by atoms with E-state index in [1.807, 2.05) is 41.1 Å². The van der Waals surface area contributed by atoms with Crippen LogP contribution in [0.1, 0.15) is 12.0 Å². The normalized spacial score (nSPS) is 11.4. The van der Waals surface area contributed by atoms with Crippen molar-refractivity contribution in [3.05, 3.63) is 78.9 Å². The van der Waals surface area contributed by atoms with Crippen molar-refractivity contribution < 1.29 is 17.9 Å². The maximum absolute atomic E-state index is 13.3. The molecule has 0 saturated carbocycles. The van der Waals surface area contributed by atoms with Crippen molar-refractivity contribution in [1.82, 2.24) is 19.2 Å². The fraction of sp³-hybridized carbons (Fsp3) is 0.304. The van der Waals surface area contributed by atoms with Crippen LogP contribution in [0.25, 0.3) is 0 Å². The summed E-state index contributed by atoms with van der Waals surface area (Å²) in [5, 5.41) is 2.82. The largest absolute Gasteiger partial charge is 0.497 e. The number of rotatable bonds is 12. The van der Waals surface area contributed by atoms with Gasteiger partial charge in [-0.3, -0.25) is 4.79 Å². The number of aromatic nitrogens is 2. The highest BCUT2D eigenvalue weighted by atomic mass is 32.2. The van der Waals surface area contributed by atoms with Crippen molar-refractivity contribution in [2.75, 3.05) is 26.7 Å². The minimum Gasteiger partial charge on any atom is -0.497 e. The topological polar surface area (TPSA) is 93.5 Å². The molecule has 8 nitrogen and oxygen atoms in total. The number of methoxy groups -OCH3 is 1. The Morgan fingerprint density at radius 2 is 1.88 bits per heavy atom. The van der Waals surface area contributed by atoms with Crippen molar-refractivity contribution in [1.29, 1.82) is 0 Å². The molecule has 3 rings (SSSR count). The summed E-state index contributed by atoms with van der Waals surface area (Å²) in [5.74, 6) is 0.233. The number of ether oxygens (including phenoxy) is 1. The van der Waals surface area contributed by atoms with Gasteiger partial charge in [-0.15, -0.1) is 0 Å². The van der Waals surface area contributed by atoms with Gasteiger partial charge in [-0.2, -0.15) is 4.31 Å². The van der Waals surface area contributed by atoms with Gasteiger partial charge >= 0.3 is 0 Å². The number of carbonyl (C=O) groups is 1. The van der Waals surface area contributed by atoms with Crippen LogP contribution in [0.3, 0.4) is 0 Å². The number of benzene rings is 2. The van der Waals surface area contributed by atoms with E-state index in [-0.39, 0.29) is 23.9 Å².